The SMILES string of the molecule is NOC(CCCC=C(c1ccccc1)C(Cc1ccccc1)n1ccnc1)C(=O)O. The van der Waals surface area contributed by atoms with E-state index >= 15 is 0 Å². The Balaban J connectivity index is 1.87. The van der Waals surface area contributed by atoms with Crippen molar-refractivity contribution in [1.82, 2.24) is 9.55 Å². The number of nitrogens with two attached hydrogens (primary N) is 1. The van der Waals surface area contributed by atoms with E-state index in [1.807, 2.05) is 48.9 Å². The molecule has 0 spiro atoms. The van der Waals surface area contributed by atoms with Gasteiger partial charge < -0.3 is 9.67 Å². The molecular formula is C24H27N3O3. The van der Waals surface area contributed by atoms with Crippen LogP contribution < -0.4 is 5.90 Å². The maximum absolute atomic E-state index is 11.1. The smallest absolute Gasteiger partial charge is 0.334 e. The van der Waals surface area contributed by atoms with Crippen LogP contribution >= 0.6 is 0 Å². The predicted molar refractivity (Wildman–Crippen MR) is 116 cm³/mol. The van der Waals surface area contributed by atoms with E-state index in [2.05, 4.69) is 44.7 Å². The molecule has 0 saturated carbocycles. The standard InChI is InChI=1S/C24H27N3O3/c25-30-23(24(28)29)14-8-7-13-21(20-11-5-2-6-12-20)22(27-16-15-26-18-27)17-19-9-3-1-4-10-19/h1-6,9-13,15-16,18,22-23H,7-8,14,17,25H2,(H,28,29). The summed E-state index contributed by atoms with van der Waals surface area (Å²) in [5, 5.41) is 9.11. The average molecular weight is 405 g/mol. The number of hydrogen-bond donors (Lipinski definition) is 2. The molecule has 30 heavy (non-hydrogen) atoms. The summed E-state index contributed by atoms with van der Waals surface area (Å²) < 4.78 is 2.12. The Hall–Kier alpha value is -3.22. The van der Waals surface area contributed by atoms with Gasteiger partial charge in [0.25, 0.3) is 0 Å². The number of nitrogens with zero attached hydrogens (tertiary/aromatic N) is 2. The van der Waals surface area contributed by atoms with E-state index in [0.717, 1.165) is 18.4 Å². The molecule has 0 fully saturated rings. The lowest BCUT2D eigenvalue weighted by Crippen LogP contribution is -2.26. The van der Waals surface area contributed by atoms with Crippen LogP contribution in [0.3, 0.4) is 0 Å². The van der Waals surface area contributed by atoms with Gasteiger partial charge in [0.05, 0.1) is 12.4 Å². The monoisotopic (exact) mass is 405 g/mol. The summed E-state index contributed by atoms with van der Waals surface area (Å²) in [7, 11) is 0. The zero-order chi connectivity index (χ0) is 21.2. The van der Waals surface area contributed by atoms with Crippen molar-refractivity contribution in [3.05, 3.63) is 96.6 Å². The summed E-state index contributed by atoms with van der Waals surface area (Å²) in [5.74, 6) is 4.06. The molecule has 6 nitrogen and oxygen atoms in total. The number of imidazole rings is 1. The number of rotatable bonds is 11. The normalized spacial score (nSPS) is 13.7. The minimum Gasteiger partial charge on any atom is -0.479 e. The third kappa shape index (κ3) is 5.89. The highest BCUT2D eigenvalue weighted by molar-refractivity contribution is 5.72. The van der Waals surface area contributed by atoms with Crippen LogP contribution in [0, 0.1) is 0 Å². The fourth-order valence-corrected chi connectivity index (χ4v) is 3.55. The van der Waals surface area contributed by atoms with Crippen LogP contribution in [-0.4, -0.2) is 26.7 Å². The molecule has 0 amide bonds. The van der Waals surface area contributed by atoms with E-state index in [-0.39, 0.29) is 6.04 Å². The average Bonchev–Trinajstić information content (AvgIpc) is 3.31. The fraction of sp³-hybridized carbons (Fsp3) is 0.250. The van der Waals surface area contributed by atoms with Crippen molar-refractivity contribution in [3.8, 4) is 0 Å². The van der Waals surface area contributed by atoms with E-state index in [4.69, 9.17) is 11.0 Å². The Kier molecular flexibility index (Phi) is 7.94. The highest BCUT2D eigenvalue weighted by Gasteiger charge is 2.19. The summed E-state index contributed by atoms with van der Waals surface area (Å²) in [6, 6.07) is 20.7. The van der Waals surface area contributed by atoms with Crippen molar-refractivity contribution < 1.29 is 14.7 Å². The molecule has 0 aliphatic heterocycles. The first-order valence-corrected chi connectivity index (χ1v) is 10.0. The van der Waals surface area contributed by atoms with Gasteiger partial charge in [-0.1, -0.05) is 66.7 Å². The minimum absolute atomic E-state index is 0.0679. The molecule has 1 aromatic heterocycles. The van der Waals surface area contributed by atoms with Gasteiger partial charge in [-0.05, 0) is 42.4 Å². The lowest BCUT2D eigenvalue weighted by atomic mass is 9.91. The molecule has 3 aromatic rings. The highest BCUT2D eigenvalue weighted by Crippen LogP contribution is 2.31. The Morgan fingerprint density at radius 2 is 1.83 bits per heavy atom. The zero-order valence-electron chi connectivity index (χ0n) is 16.8. The zero-order valence-corrected chi connectivity index (χ0v) is 16.8. The molecular weight excluding hydrogens is 378 g/mol. The summed E-state index contributed by atoms with van der Waals surface area (Å²) in [4.78, 5) is 19.9. The van der Waals surface area contributed by atoms with Crippen LogP contribution in [0.15, 0.2) is 85.5 Å². The second-order valence-electron chi connectivity index (χ2n) is 7.13. The van der Waals surface area contributed by atoms with Crippen molar-refractivity contribution in [3.63, 3.8) is 0 Å². The molecule has 3 rings (SSSR count). The Morgan fingerprint density at radius 1 is 1.13 bits per heavy atom. The number of aliphatic carboxylic acids is 1. The maximum atomic E-state index is 11.1. The van der Waals surface area contributed by atoms with Crippen molar-refractivity contribution in [2.75, 3.05) is 0 Å². The van der Waals surface area contributed by atoms with Crippen LogP contribution in [0.1, 0.15) is 36.4 Å². The van der Waals surface area contributed by atoms with Gasteiger partial charge in [-0.15, -0.1) is 0 Å². The van der Waals surface area contributed by atoms with E-state index in [0.29, 0.717) is 12.8 Å². The third-order valence-electron chi connectivity index (χ3n) is 5.10. The van der Waals surface area contributed by atoms with Crippen LogP contribution in [-0.2, 0) is 16.1 Å². The number of carboxylic acid groups (broad SMARTS) is 1. The van der Waals surface area contributed by atoms with Crippen LogP contribution in [0.2, 0.25) is 0 Å². The molecule has 2 aromatic carbocycles. The first kappa shape index (κ1) is 21.5. The third-order valence-corrected chi connectivity index (χ3v) is 5.10. The lowest BCUT2D eigenvalue weighted by molar-refractivity contribution is -0.151. The molecule has 6 heteroatoms. The Labute approximate surface area is 176 Å². The van der Waals surface area contributed by atoms with E-state index < -0.39 is 12.1 Å². The fourth-order valence-electron chi connectivity index (χ4n) is 3.55. The molecule has 3 N–H and O–H groups in total. The molecule has 2 unspecified atom stereocenters. The molecule has 2 atom stereocenters. The summed E-state index contributed by atoms with van der Waals surface area (Å²) >= 11 is 0. The summed E-state index contributed by atoms with van der Waals surface area (Å²) in [5.41, 5.74) is 3.55. The number of benzene rings is 2. The van der Waals surface area contributed by atoms with E-state index in [9.17, 15) is 4.79 Å². The molecule has 0 bridgehead atoms. The highest BCUT2D eigenvalue weighted by atomic mass is 16.6. The van der Waals surface area contributed by atoms with Gasteiger partial charge in [0.15, 0.2) is 6.10 Å². The van der Waals surface area contributed by atoms with E-state index in [1.54, 1.807) is 6.20 Å². The second kappa shape index (κ2) is 11.1. The summed E-state index contributed by atoms with van der Waals surface area (Å²) in [6.07, 6.45) is 9.38. The number of hydrogen-bond acceptors (Lipinski definition) is 4. The minimum atomic E-state index is -1.04. The number of carbonyl (C=O) groups is 1. The Morgan fingerprint density at radius 3 is 2.43 bits per heavy atom. The predicted octanol–water partition coefficient (Wildman–Crippen LogP) is 4.26. The molecule has 0 saturated heterocycles. The van der Waals surface area contributed by atoms with Gasteiger partial charge in [0.2, 0.25) is 0 Å². The van der Waals surface area contributed by atoms with Gasteiger partial charge >= 0.3 is 5.97 Å². The van der Waals surface area contributed by atoms with Crippen LogP contribution in [0.25, 0.3) is 5.57 Å². The molecule has 156 valence electrons. The van der Waals surface area contributed by atoms with Gasteiger partial charge in [0, 0.05) is 12.4 Å². The number of aromatic nitrogens is 2. The molecule has 0 aliphatic rings. The van der Waals surface area contributed by atoms with Gasteiger partial charge in [-0.2, -0.15) is 0 Å². The number of unbranched alkanes of at least 4 members (excludes halogenated alkanes) is 1. The van der Waals surface area contributed by atoms with Crippen molar-refractivity contribution in [1.29, 1.82) is 0 Å². The number of allylic oxidation sites excluding steroid dienone is 2. The second-order valence-corrected chi connectivity index (χ2v) is 7.13. The van der Waals surface area contributed by atoms with Crippen molar-refractivity contribution >= 4 is 11.5 Å². The van der Waals surface area contributed by atoms with Crippen molar-refractivity contribution in [2.45, 2.75) is 37.8 Å². The molecule has 0 radical (unpaired) electrons. The number of carboxylic acids is 1. The largest absolute Gasteiger partial charge is 0.479 e. The van der Waals surface area contributed by atoms with E-state index in [1.165, 1.54) is 11.1 Å². The maximum Gasteiger partial charge on any atom is 0.334 e. The molecule has 0 aliphatic carbocycles. The topological polar surface area (TPSA) is 90.4 Å². The summed E-state index contributed by atoms with van der Waals surface area (Å²) in [6.45, 7) is 0. The Bertz CT molecular complexity index is 925. The van der Waals surface area contributed by atoms with Crippen molar-refractivity contribution in [2.24, 2.45) is 5.90 Å². The van der Waals surface area contributed by atoms with Gasteiger partial charge in [-0.3, -0.25) is 4.84 Å². The first-order chi connectivity index (χ1) is 14.7. The van der Waals surface area contributed by atoms with Crippen LogP contribution in [0.5, 0.6) is 0 Å². The van der Waals surface area contributed by atoms with Gasteiger partial charge in [-0.25, -0.2) is 15.7 Å². The van der Waals surface area contributed by atoms with Gasteiger partial charge in [0.1, 0.15) is 0 Å². The quantitative estimate of drug-likeness (QED) is 0.367. The van der Waals surface area contributed by atoms with Crippen LogP contribution in [0.4, 0.5) is 0 Å². The first-order valence-electron chi connectivity index (χ1n) is 10.0. The lowest BCUT2D eigenvalue weighted by Gasteiger charge is -2.23. The molecule has 1 heterocycles.